The first-order valence-corrected chi connectivity index (χ1v) is 9.66. The Morgan fingerprint density at radius 2 is 1.97 bits per heavy atom. The monoisotopic (exact) mass is 411 g/mol. The molecule has 1 aliphatic rings. The molecule has 0 fully saturated rings. The number of fused-ring (bicyclic) bond motifs is 1. The maximum absolute atomic E-state index is 12.6. The van der Waals surface area contributed by atoms with Crippen molar-refractivity contribution < 1.29 is 19.2 Å². The lowest BCUT2D eigenvalue weighted by atomic mass is 9.95. The molecule has 2 aromatic rings. The smallest absolute Gasteiger partial charge is 0.341 e. The zero-order valence-electron chi connectivity index (χ0n) is 15.6. The third-order valence-electron chi connectivity index (χ3n) is 4.57. The van der Waals surface area contributed by atoms with Crippen molar-refractivity contribution in [2.75, 3.05) is 12.4 Å². The van der Waals surface area contributed by atoms with E-state index >= 15 is 0 Å². The minimum absolute atomic E-state index is 0.0861. The number of nitro groups is 1. The van der Waals surface area contributed by atoms with E-state index in [4.69, 9.17) is 4.74 Å². The summed E-state index contributed by atoms with van der Waals surface area (Å²) >= 11 is 1.33. The summed E-state index contributed by atoms with van der Waals surface area (Å²) in [6.45, 7) is 0. The number of ether oxygens (including phenoxy) is 1. The van der Waals surface area contributed by atoms with Crippen molar-refractivity contribution in [1.29, 1.82) is 5.26 Å². The van der Waals surface area contributed by atoms with Crippen molar-refractivity contribution in [3.63, 3.8) is 0 Å². The first-order chi connectivity index (χ1) is 13.9. The fraction of sp³-hybridized carbons (Fsp3) is 0.250. The number of methoxy groups -OCH3 is 1. The predicted molar refractivity (Wildman–Crippen MR) is 108 cm³/mol. The molecule has 0 atom stereocenters. The Kier molecular flexibility index (Phi) is 6.04. The minimum atomic E-state index is -0.658. The van der Waals surface area contributed by atoms with E-state index in [-0.39, 0.29) is 11.3 Å². The van der Waals surface area contributed by atoms with E-state index in [0.29, 0.717) is 16.1 Å². The highest BCUT2D eigenvalue weighted by Crippen LogP contribution is 2.38. The van der Waals surface area contributed by atoms with Gasteiger partial charge >= 0.3 is 5.97 Å². The fourth-order valence-corrected chi connectivity index (χ4v) is 4.42. The largest absolute Gasteiger partial charge is 0.465 e. The number of non-ortho nitro benzene ring substituents is 1. The summed E-state index contributed by atoms with van der Waals surface area (Å²) < 4.78 is 4.88. The van der Waals surface area contributed by atoms with Crippen molar-refractivity contribution in [3.05, 3.63) is 61.5 Å². The molecule has 148 valence electrons. The van der Waals surface area contributed by atoms with Gasteiger partial charge in [0, 0.05) is 17.0 Å². The number of benzene rings is 1. The Bertz CT molecular complexity index is 1050. The molecule has 3 rings (SSSR count). The second kappa shape index (κ2) is 8.67. The predicted octanol–water partition coefficient (Wildman–Crippen LogP) is 3.87. The number of amides is 1. The van der Waals surface area contributed by atoms with Crippen LogP contribution in [0.1, 0.15) is 39.2 Å². The third kappa shape index (κ3) is 4.33. The van der Waals surface area contributed by atoms with E-state index in [9.17, 15) is 25.0 Å². The number of carbonyl (C=O) groups excluding carboxylic acids is 2. The lowest BCUT2D eigenvalue weighted by molar-refractivity contribution is -0.384. The number of nitriles is 1. The summed E-state index contributed by atoms with van der Waals surface area (Å²) in [6.07, 6.45) is 4.90. The summed E-state index contributed by atoms with van der Waals surface area (Å²) in [5, 5.41) is 23.2. The van der Waals surface area contributed by atoms with Crippen LogP contribution in [0.3, 0.4) is 0 Å². The highest BCUT2D eigenvalue weighted by molar-refractivity contribution is 7.17. The van der Waals surface area contributed by atoms with Crippen LogP contribution in [0.5, 0.6) is 0 Å². The molecule has 9 heteroatoms. The molecule has 0 bridgehead atoms. The van der Waals surface area contributed by atoms with Gasteiger partial charge in [-0.15, -0.1) is 11.3 Å². The lowest BCUT2D eigenvalue weighted by Gasteiger charge is -2.11. The van der Waals surface area contributed by atoms with Gasteiger partial charge in [0.05, 0.1) is 17.6 Å². The molecule has 8 nitrogen and oxygen atoms in total. The number of nitro benzene ring substituents is 1. The maximum Gasteiger partial charge on any atom is 0.341 e. The lowest BCUT2D eigenvalue weighted by Crippen LogP contribution is -2.16. The van der Waals surface area contributed by atoms with Crippen LogP contribution in [-0.4, -0.2) is 23.9 Å². The molecule has 29 heavy (non-hydrogen) atoms. The second-order valence-electron chi connectivity index (χ2n) is 6.38. The number of anilines is 1. The highest BCUT2D eigenvalue weighted by Gasteiger charge is 2.27. The number of hydrogen-bond acceptors (Lipinski definition) is 7. The van der Waals surface area contributed by atoms with Gasteiger partial charge in [0.15, 0.2) is 0 Å². The fourth-order valence-electron chi connectivity index (χ4n) is 3.15. The summed E-state index contributed by atoms with van der Waals surface area (Å²) in [5.74, 6) is -1.17. The van der Waals surface area contributed by atoms with Gasteiger partial charge in [-0.1, -0.05) is 0 Å². The van der Waals surface area contributed by atoms with Gasteiger partial charge < -0.3 is 10.1 Å². The van der Waals surface area contributed by atoms with E-state index in [1.165, 1.54) is 48.8 Å². The average molecular weight is 411 g/mol. The maximum atomic E-state index is 12.6. The van der Waals surface area contributed by atoms with Gasteiger partial charge in [0.2, 0.25) is 0 Å². The Morgan fingerprint density at radius 1 is 1.28 bits per heavy atom. The Balaban J connectivity index is 1.88. The van der Waals surface area contributed by atoms with E-state index in [1.54, 1.807) is 0 Å². The number of carbonyl (C=O) groups is 2. The SMILES string of the molecule is COC(=O)c1c(NC(=O)C(C#N)=Cc2ccc([N+](=O)[O-])cc2)sc2c1CCCC2. The standard InChI is InChI=1S/C20H17N3O5S/c1-28-20(25)17-15-4-2-3-5-16(15)29-19(17)22-18(24)13(11-21)10-12-6-8-14(9-7-12)23(26)27/h6-10H,2-5H2,1H3,(H,22,24). The molecule has 0 radical (unpaired) electrons. The number of hydrogen-bond donors (Lipinski definition) is 1. The second-order valence-corrected chi connectivity index (χ2v) is 7.48. The quantitative estimate of drug-likeness (QED) is 0.262. The van der Waals surface area contributed by atoms with Crippen molar-refractivity contribution >= 4 is 40.0 Å². The molecule has 1 heterocycles. The molecule has 1 N–H and O–H groups in total. The first-order valence-electron chi connectivity index (χ1n) is 8.85. The summed E-state index contributed by atoms with van der Waals surface area (Å²) in [7, 11) is 1.29. The van der Waals surface area contributed by atoms with Gasteiger partial charge in [-0.05, 0) is 55.0 Å². The van der Waals surface area contributed by atoms with Crippen LogP contribution in [-0.2, 0) is 22.4 Å². The van der Waals surface area contributed by atoms with Crippen LogP contribution in [0.2, 0.25) is 0 Å². The topological polar surface area (TPSA) is 122 Å². The van der Waals surface area contributed by atoms with E-state index in [1.807, 2.05) is 6.07 Å². The Labute approximate surface area is 170 Å². The molecule has 0 unspecified atom stereocenters. The minimum Gasteiger partial charge on any atom is -0.465 e. The van der Waals surface area contributed by atoms with Gasteiger partial charge in [0.25, 0.3) is 11.6 Å². The summed E-state index contributed by atoms with van der Waals surface area (Å²) in [5.41, 5.74) is 1.47. The van der Waals surface area contributed by atoms with Crippen LogP contribution < -0.4 is 5.32 Å². The third-order valence-corrected chi connectivity index (χ3v) is 5.78. The Morgan fingerprint density at radius 3 is 2.59 bits per heavy atom. The van der Waals surface area contributed by atoms with Crippen molar-refractivity contribution in [2.24, 2.45) is 0 Å². The van der Waals surface area contributed by atoms with Gasteiger partial charge in [-0.2, -0.15) is 5.26 Å². The molecule has 1 aromatic carbocycles. The van der Waals surface area contributed by atoms with E-state index in [2.05, 4.69) is 5.32 Å². The van der Waals surface area contributed by atoms with Gasteiger partial charge in [-0.25, -0.2) is 4.79 Å². The van der Waals surface area contributed by atoms with Crippen molar-refractivity contribution in [3.8, 4) is 6.07 Å². The van der Waals surface area contributed by atoms with Crippen LogP contribution in [0.15, 0.2) is 29.8 Å². The molecular formula is C20H17N3O5S. The normalized spacial score (nSPS) is 13.2. The van der Waals surface area contributed by atoms with Crippen LogP contribution in [0.4, 0.5) is 10.7 Å². The number of rotatable bonds is 5. The molecule has 0 saturated carbocycles. The van der Waals surface area contributed by atoms with Gasteiger partial charge in [-0.3, -0.25) is 14.9 Å². The number of thiophene rings is 1. The van der Waals surface area contributed by atoms with E-state index in [0.717, 1.165) is 36.1 Å². The Hall–Kier alpha value is -3.51. The molecule has 0 spiro atoms. The number of esters is 1. The number of nitrogens with one attached hydrogen (secondary N) is 1. The van der Waals surface area contributed by atoms with Crippen LogP contribution in [0.25, 0.3) is 6.08 Å². The molecule has 1 amide bonds. The van der Waals surface area contributed by atoms with Crippen molar-refractivity contribution in [2.45, 2.75) is 25.7 Å². The first kappa shape index (κ1) is 20.2. The van der Waals surface area contributed by atoms with E-state index < -0.39 is 16.8 Å². The zero-order valence-corrected chi connectivity index (χ0v) is 16.4. The highest BCUT2D eigenvalue weighted by atomic mass is 32.1. The zero-order chi connectivity index (χ0) is 21.0. The average Bonchev–Trinajstić information content (AvgIpc) is 3.09. The van der Waals surface area contributed by atoms with Crippen LogP contribution in [0, 0.1) is 21.4 Å². The van der Waals surface area contributed by atoms with Crippen LogP contribution >= 0.6 is 11.3 Å². The molecule has 1 aromatic heterocycles. The number of nitrogens with zero attached hydrogens (tertiary/aromatic N) is 2. The van der Waals surface area contributed by atoms with Crippen molar-refractivity contribution in [1.82, 2.24) is 0 Å². The molecular weight excluding hydrogens is 394 g/mol. The molecule has 0 saturated heterocycles. The summed E-state index contributed by atoms with van der Waals surface area (Å²) in [6, 6.07) is 7.32. The van der Waals surface area contributed by atoms with Gasteiger partial charge in [0.1, 0.15) is 16.6 Å². The summed E-state index contributed by atoms with van der Waals surface area (Å²) in [4.78, 5) is 36.2. The molecule has 1 aliphatic carbocycles. The molecule has 0 aliphatic heterocycles. The number of aryl methyl sites for hydroxylation is 1.